The number of rotatable bonds is 6. The van der Waals surface area contributed by atoms with E-state index < -0.39 is 24.3 Å². The highest BCUT2D eigenvalue weighted by Crippen LogP contribution is 2.32. The summed E-state index contributed by atoms with van der Waals surface area (Å²) in [4.78, 5) is 38.5. The number of nitrogens with one attached hydrogen (secondary N) is 1. The first-order valence-corrected chi connectivity index (χ1v) is 14.0. The van der Waals surface area contributed by atoms with Gasteiger partial charge in [0.25, 0.3) is 0 Å². The van der Waals surface area contributed by atoms with Crippen LogP contribution in [0.2, 0.25) is 0 Å². The summed E-state index contributed by atoms with van der Waals surface area (Å²) in [6.45, 7) is 3.74. The van der Waals surface area contributed by atoms with Crippen molar-refractivity contribution in [3.63, 3.8) is 0 Å². The van der Waals surface area contributed by atoms with E-state index >= 15 is 0 Å². The Morgan fingerprint density at radius 2 is 1.68 bits per heavy atom. The van der Waals surface area contributed by atoms with Gasteiger partial charge in [0.2, 0.25) is 5.91 Å². The molecule has 1 amide bonds. The maximum Gasteiger partial charge on any atom is 0.490 e. The molecule has 7 heterocycles. The largest absolute Gasteiger partial charge is 0.490 e. The number of nitrogens with zero attached hydrogens (tertiary/aromatic N) is 6. The van der Waals surface area contributed by atoms with Gasteiger partial charge in [-0.3, -0.25) is 4.79 Å². The maximum absolute atomic E-state index is 11.8. The van der Waals surface area contributed by atoms with E-state index in [0.717, 1.165) is 48.5 Å². The number of nitriles is 1. The molecule has 2 unspecified atom stereocenters. The normalized spacial score (nSPS) is 18.7. The van der Waals surface area contributed by atoms with Crippen molar-refractivity contribution >= 4 is 29.2 Å². The van der Waals surface area contributed by atoms with Crippen LogP contribution in [0.3, 0.4) is 0 Å². The van der Waals surface area contributed by atoms with Crippen LogP contribution in [0.1, 0.15) is 24.8 Å². The fourth-order valence-electron chi connectivity index (χ4n) is 5.12. The number of carboxylic acid groups (broad SMARTS) is 2. The molecule has 3 aromatic heterocycles. The molecule has 2 atom stereocenters. The lowest BCUT2D eigenvalue weighted by molar-refractivity contribution is -0.193. The highest BCUT2D eigenvalue weighted by molar-refractivity contribution is 5.85. The van der Waals surface area contributed by atoms with Crippen LogP contribution in [0.4, 0.5) is 32.2 Å². The topological polar surface area (TPSA) is 173 Å². The number of ether oxygens (including phenoxy) is 1. The van der Waals surface area contributed by atoms with Crippen LogP contribution in [0.5, 0.6) is 5.75 Å². The summed E-state index contributed by atoms with van der Waals surface area (Å²) in [6.07, 6.45) is -2.17. The van der Waals surface area contributed by atoms with Crippen LogP contribution in [-0.4, -0.2) is 105 Å². The zero-order valence-corrected chi connectivity index (χ0v) is 24.3. The van der Waals surface area contributed by atoms with E-state index in [0.29, 0.717) is 43.0 Å². The second-order valence-corrected chi connectivity index (χ2v) is 10.6. The predicted octanol–water partition coefficient (Wildman–Crippen LogP) is 3.09. The lowest BCUT2D eigenvalue weighted by atomic mass is 9.91. The standard InChI is InChI=1S/C24H25N7O2.2C2HF3O2/c25-10-17-12-27-31-15-20(33-7-6-29-5-1-2-23(29)32)9-21(24(17)31)16-3-4-22(26-11-16)30-13-18-8-19(14-30)28-18;2*3-2(4,5)1(6)7/h3-4,9,11-12,15,18-19,28H,1-2,5-8,13-14H2;2*(H,6,7). The van der Waals surface area contributed by atoms with Crippen LogP contribution in [0, 0.1) is 11.3 Å². The first-order valence-electron chi connectivity index (χ1n) is 14.0. The third-order valence-electron chi connectivity index (χ3n) is 7.30. The quantitative estimate of drug-likeness (QED) is 0.329. The summed E-state index contributed by atoms with van der Waals surface area (Å²) in [5.74, 6) is -3.71. The van der Waals surface area contributed by atoms with E-state index in [1.807, 2.05) is 29.3 Å². The van der Waals surface area contributed by atoms with E-state index in [1.54, 1.807) is 16.9 Å². The molecule has 0 saturated carbocycles. The van der Waals surface area contributed by atoms with Crippen LogP contribution in [0.15, 0.2) is 36.8 Å². The van der Waals surface area contributed by atoms with Gasteiger partial charge in [-0.15, -0.1) is 0 Å². The Bertz CT molecular complexity index is 1610. The number of aromatic nitrogens is 3. The van der Waals surface area contributed by atoms with Crippen molar-refractivity contribution in [2.75, 3.05) is 37.7 Å². The molecule has 7 rings (SSSR count). The number of aliphatic carboxylic acids is 2. The number of likely N-dealkylation sites (tertiary alicyclic amines) is 1. The minimum absolute atomic E-state index is 0.188. The number of hydrogen-bond acceptors (Lipinski definition) is 9. The second-order valence-electron chi connectivity index (χ2n) is 10.6. The Hall–Kier alpha value is -5.12. The fraction of sp³-hybridized carbons (Fsp3) is 0.429. The molecule has 0 aromatic carbocycles. The lowest BCUT2D eigenvalue weighted by Crippen LogP contribution is -2.67. The van der Waals surface area contributed by atoms with E-state index in [9.17, 15) is 36.4 Å². The minimum atomic E-state index is -5.08. The summed E-state index contributed by atoms with van der Waals surface area (Å²) < 4.78 is 71.1. The smallest absolute Gasteiger partial charge is 0.490 e. The zero-order chi connectivity index (χ0) is 34.5. The number of alkyl halides is 6. The molecule has 3 N–H and O–H groups in total. The Kier molecular flexibility index (Phi) is 10.4. The molecule has 252 valence electrons. The van der Waals surface area contributed by atoms with E-state index in [4.69, 9.17) is 29.5 Å². The van der Waals surface area contributed by atoms with Crippen LogP contribution >= 0.6 is 0 Å². The average molecular weight is 672 g/mol. The van der Waals surface area contributed by atoms with Gasteiger partial charge in [-0.05, 0) is 31.0 Å². The van der Waals surface area contributed by atoms with Gasteiger partial charge in [-0.1, -0.05) is 0 Å². The highest BCUT2D eigenvalue weighted by atomic mass is 19.4. The average Bonchev–Trinajstić information content (AvgIpc) is 3.61. The lowest BCUT2D eigenvalue weighted by Gasteiger charge is -2.48. The number of carbonyl (C=O) groups is 3. The first kappa shape index (κ1) is 34.7. The molecular weight excluding hydrogens is 644 g/mol. The number of amides is 1. The minimum Gasteiger partial charge on any atom is -0.490 e. The van der Waals surface area contributed by atoms with Gasteiger partial charge in [0, 0.05) is 55.5 Å². The fourth-order valence-corrected chi connectivity index (χ4v) is 5.12. The number of anilines is 1. The van der Waals surface area contributed by atoms with Crippen LogP contribution in [0.25, 0.3) is 16.6 Å². The number of piperazine rings is 1. The number of halogens is 6. The first-order chi connectivity index (χ1) is 22.1. The summed E-state index contributed by atoms with van der Waals surface area (Å²) in [5.41, 5.74) is 2.99. The molecular formula is C28H27F6N7O6. The Morgan fingerprint density at radius 3 is 2.17 bits per heavy atom. The number of piperidine rings is 1. The monoisotopic (exact) mass is 671 g/mol. The second kappa shape index (κ2) is 14.1. The molecule has 4 aliphatic rings. The molecule has 4 saturated heterocycles. The van der Waals surface area contributed by atoms with Gasteiger partial charge >= 0.3 is 24.3 Å². The van der Waals surface area contributed by atoms with Gasteiger partial charge in [0.1, 0.15) is 24.2 Å². The predicted molar refractivity (Wildman–Crippen MR) is 149 cm³/mol. The molecule has 0 spiro atoms. The van der Waals surface area contributed by atoms with Crippen molar-refractivity contribution in [2.45, 2.75) is 43.7 Å². The maximum atomic E-state index is 11.8. The molecule has 13 nitrogen and oxygen atoms in total. The van der Waals surface area contributed by atoms with E-state index in [-0.39, 0.29) is 5.91 Å². The Labute approximate surface area is 261 Å². The van der Waals surface area contributed by atoms with Crippen LogP contribution in [-0.2, 0) is 14.4 Å². The summed E-state index contributed by atoms with van der Waals surface area (Å²) in [5, 5.41) is 31.7. The van der Waals surface area contributed by atoms with E-state index in [2.05, 4.69) is 21.4 Å². The van der Waals surface area contributed by atoms with Crippen molar-refractivity contribution in [3.8, 4) is 22.9 Å². The molecule has 0 aliphatic carbocycles. The van der Waals surface area contributed by atoms with Gasteiger partial charge in [-0.25, -0.2) is 19.1 Å². The van der Waals surface area contributed by atoms with Crippen molar-refractivity contribution in [3.05, 3.63) is 42.4 Å². The third-order valence-corrected chi connectivity index (χ3v) is 7.30. The SMILES string of the molecule is N#Cc1cnn2cc(OCCN3CCCC3=O)cc(-c3ccc(N4CC5CC(C4)N5)nc3)c12.O=C(O)C(F)(F)F.O=C(O)C(F)(F)F. The molecule has 19 heteroatoms. The summed E-state index contributed by atoms with van der Waals surface area (Å²) >= 11 is 0. The Balaban J connectivity index is 0.000000301. The molecule has 2 bridgehead atoms. The zero-order valence-electron chi connectivity index (χ0n) is 24.3. The molecule has 47 heavy (non-hydrogen) atoms. The van der Waals surface area contributed by atoms with Crippen LogP contribution < -0.4 is 15.0 Å². The molecule has 4 fully saturated rings. The summed E-state index contributed by atoms with van der Waals surface area (Å²) in [7, 11) is 0. The van der Waals surface area contributed by atoms with Gasteiger partial charge in [0.15, 0.2) is 0 Å². The number of pyridine rings is 2. The highest BCUT2D eigenvalue weighted by Gasteiger charge is 2.39. The third kappa shape index (κ3) is 8.78. The number of fused-ring (bicyclic) bond motifs is 3. The number of carbonyl (C=O) groups excluding carboxylic acids is 1. The molecule has 0 radical (unpaired) electrons. The van der Waals surface area contributed by atoms with Gasteiger partial charge < -0.3 is 30.1 Å². The summed E-state index contributed by atoms with van der Waals surface area (Å²) in [6, 6.07) is 9.40. The van der Waals surface area contributed by atoms with Crippen molar-refractivity contribution in [1.29, 1.82) is 5.26 Å². The van der Waals surface area contributed by atoms with Crippen molar-refractivity contribution in [2.24, 2.45) is 0 Å². The van der Waals surface area contributed by atoms with Crippen molar-refractivity contribution in [1.82, 2.24) is 24.8 Å². The molecule has 4 aliphatic heterocycles. The Morgan fingerprint density at radius 1 is 1.06 bits per heavy atom. The number of carboxylic acids is 2. The van der Waals surface area contributed by atoms with Gasteiger partial charge in [0.05, 0.1) is 30.0 Å². The van der Waals surface area contributed by atoms with Gasteiger partial charge in [-0.2, -0.15) is 36.7 Å². The number of hydrogen-bond donors (Lipinski definition) is 3. The molecule has 3 aromatic rings. The van der Waals surface area contributed by atoms with E-state index in [1.165, 1.54) is 6.42 Å². The van der Waals surface area contributed by atoms with Crippen molar-refractivity contribution < 1.29 is 55.7 Å².